The summed E-state index contributed by atoms with van der Waals surface area (Å²) in [6.45, 7) is 0.0942. The van der Waals surface area contributed by atoms with Gasteiger partial charge in [0, 0.05) is 9.58 Å². The van der Waals surface area contributed by atoms with Gasteiger partial charge in [0.2, 0.25) is 0 Å². The molecule has 0 atom stereocenters. The van der Waals surface area contributed by atoms with Crippen molar-refractivity contribution in [1.29, 1.82) is 0 Å². The molecule has 0 unspecified atom stereocenters. The Hall–Kier alpha value is -2.25. The van der Waals surface area contributed by atoms with E-state index in [2.05, 4.69) is 0 Å². The summed E-state index contributed by atoms with van der Waals surface area (Å²) < 4.78 is 1.80. The van der Waals surface area contributed by atoms with Crippen molar-refractivity contribution < 1.29 is 9.90 Å². The molecule has 106 valence electrons. The lowest BCUT2D eigenvalue weighted by Gasteiger charge is -2.03. The van der Waals surface area contributed by atoms with Crippen LogP contribution in [0.4, 0.5) is 0 Å². The highest BCUT2D eigenvalue weighted by Gasteiger charge is 2.11. The van der Waals surface area contributed by atoms with Gasteiger partial charge in [-0.2, -0.15) is 0 Å². The average Bonchev–Trinajstić information content (AvgIpc) is 2.92. The van der Waals surface area contributed by atoms with E-state index in [0.717, 1.165) is 27.2 Å². The van der Waals surface area contributed by atoms with E-state index in [1.807, 2.05) is 0 Å². The van der Waals surface area contributed by atoms with Crippen LogP contribution in [-0.2, 0) is 6.54 Å². The van der Waals surface area contributed by atoms with Crippen LogP contribution >= 0.6 is 22.7 Å². The molecule has 1 N–H and O–H groups in total. The van der Waals surface area contributed by atoms with E-state index in [9.17, 15) is 14.4 Å². The van der Waals surface area contributed by atoms with Crippen molar-refractivity contribution in [3.8, 4) is 0 Å². The molecule has 0 fully saturated rings. The first kappa shape index (κ1) is 13.7. The Bertz CT molecular complexity index is 951. The minimum absolute atomic E-state index is 0.0942. The smallest absolute Gasteiger partial charge is 0.345 e. The van der Waals surface area contributed by atoms with Gasteiger partial charge in [-0.1, -0.05) is 23.5 Å². The number of hydrogen-bond donors (Lipinski definition) is 1. The maximum atomic E-state index is 12.4. The van der Waals surface area contributed by atoms with Crippen LogP contribution in [0.15, 0.2) is 46.0 Å². The number of fused-ring (bicyclic) bond motifs is 1. The topological polar surface area (TPSA) is 76.4 Å². The molecule has 3 aromatic rings. The maximum Gasteiger partial charge on any atom is 0.345 e. The van der Waals surface area contributed by atoms with Crippen molar-refractivity contribution in [3.63, 3.8) is 0 Å². The molecule has 1 aromatic carbocycles. The first-order valence-electron chi connectivity index (χ1n) is 6.01. The normalized spacial score (nSPS) is 10.9. The van der Waals surface area contributed by atoms with Crippen molar-refractivity contribution in [1.82, 2.24) is 4.57 Å². The van der Waals surface area contributed by atoms with Crippen molar-refractivity contribution >= 4 is 38.7 Å². The number of benzene rings is 1. The molecular weight excluding hydrogens is 310 g/mol. The second-order valence-corrected chi connectivity index (χ2v) is 6.49. The molecule has 0 radical (unpaired) electrons. The highest BCUT2D eigenvalue weighted by atomic mass is 32.1. The van der Waals surface area contributed by atoms with Crippen LogP contribution in [0.1, 0.15) is 14.5 Å². The van der Waals surface area contributed by atoms with E-state index in [-0.39, 0.29) is 21.9 Å². The van der Waals surface area contributed by atoms with Crippen molar-refractivity contribution in [2.24, 2.45) is 0 Å². The summed E-state index contributed by atoms with van der Waals surface area (Å²) in [7, 11) is 0. The molecule has 0 aliphatic heterocycles. The second kappa shape index (κ2) is 5.27. The number of thiophene rings is 1. The van der Waals surface area contributed by atoms with Crippen molar-refractivity contribution in [2.45, 2.75) is 6.54 Å². The molecule has 5 nitrogen and oxygen atoms in total. The van der Waals surface area contributed by atoms with Gasteiger partial charge in [0.15, 0.2) is 0 Å². The summed E-state index contributed by atoms with van der Waals surface area (Å²) in [5.41, 5.74) is -0.348. The summed E-state index contributed by atoms with van der Waals surface area (Å²) >= 11 is 2.08. The summed E-state index contributed by atoms with van der Waals surface area (Å²) in [6.07, 6.45) is 0. The number of hydrogen-bond acceptors (Lipinski definition) is 5. The third kappa shape index (κ3) is 2.53. The van der Waals surface area contributed by atoms with Gasteiger partial charge in [-0.05, 0) is 24.3 Å². The lowest BCUT2D eigenvalue weighted by molar-refractivity contribution is 0.0702. The Balaban J connectivity index is 2.10. The molecule has 2 heterocycles. The van der Waals surface area contributed by atoms with Crippen LogP contribution in [-0.4, -0.2) is 15.6 Å². The third-order valence-electron chi connectivity index (χ3n) is 2.97. The monoisotopic (exact) mass is 319 g/mol. The van der Waals surface area contributed by atoms with Crippen LogP contribution in [0.25, 0.3) is 10.1 Å². The fraction of sp³-hybridized carbons (Fsp3) is 0.0714. The molecule has 21 heavy (non-hydrogen) atoms. The van der Waals surface area contributed by atoms with E-state index < -0.39 is 5.97 Å². The van der Waals surface area contributed by atoms with Crippen LogP contribution in [0.2, 0.25) is 0 Å². The van der Waals surface area contributed by atoms with Crippen LogP contribution in [0.5, 0.6) is 0 Å². The van der Waals surface area contributed by atoms with Gasteiger partial charge in [-0.15, -0.1) is 11.3 Å². The Morgan fingerprint density at radius 2 is 1.86 bits per heavy atom. The lowest BCUT2D eigenvalue weighted by Crippen LogP contribution is -2.31. The Morgan fingerprint density at radius 3 is 2.57 bits per heavy atom. The minimum Gasteiger partial charge on any atom is -0.477 e. The highest BCUT2D eigenvalue weighted by Crippen LogP contribution is 2.17. The van der Waals surface area contributed by atoms with E-state index in [1.54, 1.807) is 30.3 Å². The van der Waals surface area contributed by atoms with Crippen molar-refractivity contribution in [2.75, 3.05) is 0 Å². The van der Waals surface area contributed by atoms with Gasteiger partial charge in [-0.3, -0.25) is 14.2 Å². The molecule has 0 spiro atoms. The molecule has 0 aliphatic rings. The van der Waals surface area contributed by atoms with Crippen molar-refractivity contribution in [3.05, 3.63) is 66.2 Å². The van der Waals surface area contributed by atoms with Gasteiger partial charge >= 0.3 is 10.8 Å². The summed E-state index contributed by atoms with van der Waals surface area (Å²) in [6, 6.07) is 10.0. The van der Waals surface area contributed by atoms with E-state index in [4.69, 9.17) is 5.11 Å². The number of aromatic nitrogens is 1. The number of nitrogens with zero attached hydrogens (tertiary/aromatic N) is 1. The summed E-state index contributed by atoms with van der Waals surface area (Å²) in [5, 5.41) is 9.39. The third-order valence-corrected chi connectivity index (χ3v) is 5.00. The van der Waals surface area contributed by atoms with Gasteiger partial charge in [0.1, 0.15) is 4.88 Å². The fourth-order valence-electron chi connectivity index (χ4n) is 1.98. The predicted molar refractivity (Wildman–Crippen MR) is 82.7 cm³/mol. The zero-order chi connectivity index (χ0) is 15.0. The number of carboxylic acid groups (broad SMARTS) is 1. The second-order valence-electron chi connectivity index (χ2n) is 4.33. The van der Waals surface area contributed by atoms with Gasteiger partial charge < -0.3 is 5.11 Å². The first-order valence-corrected chi connectivity index (χ1v) is 7.64. The molecule has 2 aromatic heterocycles. The minimum atomic E-state index is -1.01. The molecule has 7 heteroatoms. The number of rotatable bonds is 3. The number of carboxylic acids is 1. The quantitative estimate of drug-likeness (QED) is 0.803. The number of aromatic carboxylic acids is 1. The zero-order valence-corrected chi connectivity index (χ0v) is 12.2. The predicted octanol–water partition coefficient (Wildman–Crippen LogP) is 2.23. The molecule has 0 aliphatic carbocycles. The Labute approximate surface area is 126 Å². The summed E-state index contributed by atoms with van der Waals surface area (Å²) in [5.74, 6) is -1.01. The van der Waals surface area contributed by atoms with Crippen LogP contribution in [0.3, 0.4) is 0 Å². The highest BCUT2D eigenvalue weighted by molar-refractivity contribution is 7.16. The average molecular weight is 319 g/mol. The molecule has 0 saturated heterocycles. The Morgan fingerprint density at radius 1 is 1.10 bits per heavy atom. The first-order chi connectivity index (χ1) is 10.1. The Kier molecular flexibility index (Phi) is 3.44. The van der Waals surface area contributed by atoms with Gasteiger partial charge in [0.05, 0.1) is 11.9 Å². The van der Waals surface area contributed by atoms with E-state index >= 15 is 0 Å². The molecular formula is C14H9NO4S2. The molecule has 0 saturated carbocycles. The van der Waals surface area contributed by atoms with Crippen LogP contribution < -0.4 is 10.4 Å². The van der Waals surface area contributed by atoms with Gasteiger partial charge in [0.25, 0.3) is 5.56 Å². The van der Waals surface area contributed by atoms with E-state index in [1.165, 1.54) is 6.07 Å². The lowest BCUT2D eigenvalue weighted by atomic mass is 10.3. The SMILES string of the molecule is O=C(O)c1ccc(Cn2c(=O)sc3ccccc3c2=O)s1. The standard InChI is InChI=1S/C14H9NO4S2/c16-12-9-3-1-2-4-10(9)21-14(19)15(12)7-8-5-6-11(20-8)13(17)18/h1-6H,7H2,(H,17,18). The van der Waals surface area contributed by atoms with E-state index in [0.29, 0.717) is 15.0 Å². The molecule has 3 rings (SSSR count). The summed E-state index contributed by atoms with van der Waals surface area (Å²) in [4.78, 5) is 35.8. The largest absolute Gasteiger partial charge is 0.477 e. The maximum absolute atomic E-state index is 12.4. The number of carbonyl (C=O) groups is 1. The van der Waals surface area contributed by atoms with Crippen LogP contribution in [0, 0.1) is 0 Å². The fourth-order valence-corrected chi connectivity index (χ4v) is 3.67. The molecule has 0 bridgehead atoms. The zero-order valence-electron chi connectivity index (χ0n) is 10.6. The molecule has 0 amide bonds. The van der Waals surface area contributed by atoms with Gasteiger partial charge in [-0.25, -0.2) is 4.79 Å².